The molecule has 10 N–H and O–H groups in total. The number of anilines is 18. The molecule has 0 unspecified atom stereocenters. The van der Waals surface area contributed by atoms with Gasteiger partial charge in [0.05, 0.1) is 59.7 Å². The molecule has 664 valence electrons. The van der Waals surface area contributed by atoms with Gasteiger partial charge in [-0.15, -0.1) is 0 Å². The molecule has 31 nitrogen and oxygen atoms in total. The first kappa shape index (κ1) is 89.1. The SMILES string of the molecule is CC[C@H]1CN(C2CCCC2)c2nc(Nc3ccc(C(=O)NC4CCC4)cc3OC)ncc2N(C)C1=O.CCc1cc(C(=O)NC)ccc1Nc1ncc2c(n1)N(C1CCCC1)CC(C)(C)C(=O)N2C.CN1C(=O)C(C)(C)CN(C2CCCC2)c2nc(Nc3ccc(N)cc3)ncc21.CN1C(=O)C(C)(C)CN(C2CCCC2)c2nc(Nc3cccc(N)c3)ncc21. The lowest BCUT2D eigenvalue weighted by Gasteiger charge is -2.34. The fraction of sp³-hybridized carbons (Fsp3) is 0.511. The number of methoxy groups -OCH3 is 1. The molecule has 0 radical (unpaired) electrons. The Labute approximate surface area is 734 Å². The van der Waals surface area contributed by atoms with Crippen molar-refractivity contribution >= 4 is 139 Å². The summed E-state index contributed by atoms with van der Waals surface area (Å²) < 4.78 is 5.59. The molecule has 5 saturated carbocycles. The smallest absolute Gasteiger partial charge is 0.251 e. The lowest BCUT2D eigenvalue weighted by Crippen LogP contribution is -2.45. The minimum atomic E-state index is -0.517. The fourth-order valence-corrected chi connectivity index (χ4v) is 18.8. The number of carbonyl (C=O) groups is 6. The molecule has 1 atom stereocenters. The first-order valence-corrected chi connectivity index (χ1v) is 44.7. The number of nitrogen functional groups attached to an aromatic ring is 2. The molecule has 4 aromatic heterocycles. The number of hydrogen-bond acceptors (Lipinski definition) is 25. The van der Waals surface area contributed by atoms with Gasteiger partial charge in [-0.2, -0.15) is 19.9 Å². The minimum Gasteiger partial charge on any atom is -0.495 e. The number of nitrogens with zero attached hydrogens (tertiary/aromatic N) is 16. The van der Waals surface area contributed by atoms with Gasteiger partial charge in [-0.3, -0.25) is 28.8 Å². The highest BCUT2D eigenvalue weighted by Crippen LogP contribution is 2.46. The summed E-state index contributed by atoms with van der Waals surface area (Å²) in [5.74, 6) is 5.85. The van der Waals surface area contributed by atoms with Gasteiger partial charge >= 0.3 is 0 Å². The zero-order valence-corrected chi connectivity index (χ0v) is 75.2. The van der Waals surface area contributed by atoms with E-state index in [1.54, 1.807) is 76.7 Å². The van der Waals surface area contributed by atoms with E-state index in [4.69, 9.17) is 36.1 Å². The Balaban J connectivity index is 0.000000136. The van der Waals surface area contributed by atoms with Gasteiger partial charge in [-0.1, -0.05) is 71.3 Å². The largest absolute Gasteiger partial charge is 0.495 e. The number of ether oxygens (including phenoxy) is 1. The molecule has 0 bridgehead atoms. The molecule has 4 aromatic carbocycles. The molecule has 31 heteroatoms. The molecule has 8 heterocycles. The van der Waals surface area contributed by atoms with E-state index in [-0.39, 0.29) is 47.4 Å². The lowest BCUT2D eigenvalue weighted by atomic mass is 9.91. The van der Waals surface area contributed by atoms with Crippen LogP contribution in [0.2, 0.25) is 0 Å². The molecular formula is C94H126N24O7. The number of fused-ring (bicyclic) bond motifs is 4. The molecule has 125 heavy (non-hydrogen) atoms. The number of hydrogen-bond donors (Lipinski definition) is 8. The van der Waals surface area contributed by atoms with Crippen LogP contribution >= 0.6 is 0 Å². The van der Waals surface area contributed by atoms with E-state index < -0.39 is 16.2 Å². The molecule has 5 fully saturated rings. The summed E-state index contributed by atoms with van der Waals surface area (Å²) in [7, 11) is 10.5. The van der Waals surface area contributed by atoms with Crippen molar-refractivity contribution in [3.05, 3.63) is 126 Å². The standard InChI is InChI=1S/C27H36N6O3.C25H34N6O2.2C21H28N6O/c1-4-17-16-33(20-10-5-6-11-20)24-22(32(2)26(17)35)15-28-27(31-24)30-21-13-12-18(14-23(21)36-3)25(34)29-19-8-7-9-19;1-6-16-13-17(22(32)26-4)11-12-19(16)28-24-27-14-20-21(29-24)31(18-9-7-8-10-18)15-25(2,3)23(33)30(20)5;1-21(2)13-27(16-9-4-5-10-16)18-17(26(3)19(21)28)12-23-20(25-18)24-15-8-6-7-14(22)11-15;1-21(2)13-27(16-6-4-5-7-16)18-17(26(3)19(21)28)12-23-20(25-18)24-15-10-8-14(22)9-11-15/h12-15,17,19-20H,4-11,16H2,1-3H3,(H,29,34)(H,28,30,31);11-14,18H,6-10,15H2,1-5H3,(H,26,32)(H,27,28,29);6-8,11-12,16H,4-5,9-10,13,22H2,1-3H3,(H,23,24,25);8-12,16H,4-7,13,22H2,1-3H3,(H,23,24,25)/t17-;;;/m0.../s1. The van der Waals surface area contributed by atoms with E-state index in [1.165, 1.54) is 57.8 Å². The molecule has 6 amide bonds. The predicted octanol–water partition coefficient (Wildman–Crippen LogP) is 15.3. The highest BCUT2D eigenvalue weighted by molar-refractivity contribution is 6.04. The van der Waals surface area contributed by atoms with Crippen molar-refractivity contribution in [2.45, 2.75) is 220 Å². The van der Waals surface area contributed by atoms with Crippen molar-refractivity contribution in [1.82, 2.24) is 50.5 Å². The average molecular weight is 1700 g/mol. The Hall–Kier alpha value is -12.2. The van der Waals surface area contributed by atoms with Crippen LogP contribution in [0.1, 0.15) is 210 Å². The van der Waals surface area contributed by atoms with Gasteiger partial charge in [0.1, 0.15) is 28.5 Å². The monoisotopic (exact) mass is 1700 g/mol. The molecule has 8 aromatic rings. The lowest BCUT2D eigenvalue weighted by molar-refractivity contribution is -0.126. The summed E-state index contributed by atoms with van der Waals surface area (Å²) in [6.45, 7) is 18.8. The van der Waals surface area contributed by atoms with Crippen molar-refractivity contribution in [3.8, 4) is 5.75 Å². The molecule has 5 aliphatic carbocycles. The fourth-order valence-electron chi connectivity index (χ4n) is 18.8. The van der Waals surface area contributed by atoms with Gasteiger partial charge < -0.3 is 87.3 Å². The minimum absolute atomic E-state index is 0.0695. The number of aromatic nitrogens is 8. The number of amides is 6. The normalized spacial score (nSPS) is 19.4. The Morgan fingerprint density at radius 1 is 0.448 bits per heavy atom. The predicted molar refractivity (Wildman–Crippen MR) is 497 cm³/mol. The van der Waals surface area contributed by atoms with Crippen molar-refractivity contribution in [2.24, 2.45) is 22.2 Å². The average Bonchev–Trinajstić information content (AvgIpc) is 1.65. The highest BCUT2D eigenvalue weighted by Gasteiger charge is 2.46. The second-order valence-electron chi connectivity index (χ2n) is 36.7. The number of nitrogens with one attached hydrogen (secondary N) is 6. The zero-order chi connectivity index (χ0) is 88.8. The van der Waals surface area contributed by atoms with Crippen LogP contribution in [0.5, 0.6) is 5.75 Å². The molecule has 17 rings (SSSR count). The third-order valence-electron chi connectivity index (χ3n) is 26.2. The Morgan fingerprint density at radius 2 is 0.848 bits per heavy atom. The maximum atomic E-state index is 13.2. The summed E-state index contributed by atoms with van der Waals surface area (Å²) in [4.78, 5) is 131. The van der Waals surface area contributed by atoms with Crippen molar-refractivity contribution in [3.63, 3.8) is 0 Å². The van der Waals surface area contributed by atoms with Gasteiger partial charge in [0, 0.05) is 131 Å². The second-order valence-corrected chi connectivity index (χ2v) is 36.7. The summed E-state index contributed by atoms with van der Waals surface area (Å²) in [5.41, 5.74) is 20.0. The van der Waals surface area contributed by atoms with E-state index in [1.807, 2.05) is 136 Å². The van der Waals surface area contributed by atoms with E-state index >= 15 is 0 Å². The first-order chi connectivity index (χ1) is 59.9. The van der Waals surface area contributed by atoms with Gasteiger partial charge in [-0.05, 0) is 209 Å². The molecular weight excluding hydrogens is 1580 g/mol. The molecule has 0 spiro atoms. The number of nitrogens with two attached hydrogens (primary N) is 2. The van der Waals surface area contributed by atoms with Crippen molar-refractivity contribution in [1.29, 1.82) is 0 Å². The van der Waals surface area contributed by atoms with Crippen LogP contribution in [0.15, 0.2) is 110 Å². The van der Waals surface area contributed by atoms with Crippen molar-refractivity contribution in [2.75, 3.05) is 140 Å². The van der Waals surface area contributed by atoms with Crippen LogP contribution in [-0.2, 0) is 25.6 Å². The van der Waals surface area contributed by atoms with E-state index in [0.29, 0.717) is 108 Å². The van der Waals surface area contributed by atoms with Crippen LogP contribution in [0.3, 0.4) is 0 Å². The molecule has 0 saturated heterocycles. The maximum absolute atomic E-state index is 13.2. The summed E-state index contributed by atoms with van der Waals surface area (Å²) in [6.07, 6.45) is 30.5. The van der Waals surface area contributed by atoms with Gasteiger partial charge in [0.2, 0.25) is 47.4 Å². The topological polar surface area (TPSA) is 365 Å². The van der Waals surface area contributed by atoms with Gasteiger partial charge in [0.25, 0.3) is 11.8 Å². The summed E-state index contributed by atoms with van der Waals surface area (Å²) in [6, 6.07) is 27.8. The first-order valence-electron chi connectivity index (χ1n) is 44.7. The second kappa shape index (κ2) is 38.1. The quantitative estimate of drug-likeness (QED) is 0.0370. The Morgan fingerprint density at radius 3 is 1.26 bits per heavy atom. The van der Waals surface area contributed by atoms with Crippen LogP contribution in [0.25, 0.3) is 0 Å². The van der Waals surface area contributed by atoms with Gasteiger partial charge in [0.15, 0.2) is 23.3 Å². The van der Waals surface area contributed by atoms with Crippen molar-refractivity contribution < 1.29 is 33.5 Å². The number of aryl methyl sites for hydroxylation is 1. The Bertz CT molecular complexity index is 5230. The van der Waals surface area contributed by atoms with Crippen LogP contribution in [0, 0.1) is 22.2 Å². The van der Waals surface area contributed by atoms with Gasteiger partial charge in [-0.25, -0.2) is 19.9 Å². The van der Waals surface area contributed by atoms with E-state index in [0.717, 1.165) is 146 Å². The highest BCUT2D eigenvalue weighted by atomic mass is 16.5. The maximum Gasteiger partial charge on any atom is 0.251 e. The number of rotatable bonds is 18. The molecule has 9 aliphatic rings. The third-order valence-corrected chi connectivity index (χ3v) is 26.2. The number of benzene rings is 4. The van der Waals surface area contributed by atoms with E-state index in [9.17, 15) is 28.8 Å². The summed E-state index contributed by atoms with van der Waals surface area (Å²) in [5, 5.41) is 18.9. The third kappa shape index (κ3) is 19.8. The Kier molecular flexibility index (Phi) is 27.2. The summed E-state index contributed by atoms with van der Waals surface area (Å²) >= 11 is 0. The van der Waals surface area contributed by atoms with Crippen LogP contribution in [-0.4, -0.2) is 174 Å². The zero-order valence-electron chi connectivity index (χ0n) is 75.2. The van der Waals surface area contributed by atoms with Crippen LogP contribution < -0.4 is 87.3 Å². The van der Waals surface area contributed by atoms with E-state index in [2.05, 4.69) is 85.3 Å². The number of carbonyl (C=O) groups excluding carboxylic acids is 6. The molecule has 4 aliphatic heterocycles. The van der Waals surface area contributed by atoms with Crippen LogP contribution in [0.4, 0.5) is 104 Å².